The Hall–Kier alpha value is -3.06. The lowest BCUT2D eigenvalue weighted by Crippen LogP contribution is -1.95. The topological polar surface area (TPSA) is 13.1 Å². The third-order valence-electron chi connectivity index (χ3n) is 5.41. The summed E-state index contributed by atoms with van der Waals surface area (Å²) in [4.78, 5) is 0. The molecule has 0 saturated carbocycles. The van der Waals surface area contributed by atoms with Crippen molar-refractivity contribution in [1.29, 1.82) is 0 Å². The lowest BCUT2D eigenvalue weighted by molar-refractivity contribution is 0.670. The van der Waals surface area contributed by atoms with Crippen LogP contribution in [0.2, 0.25) is 0 Å². The fourth-order valence-corrected chi connectivity index (χ4v) is 4.05. The predicted molar refractivity (Wildman–Crippen MR) is 115 cm³/mol. The molecule has 1 heteroatoms. The van der Waals surface area contributed by atoms with Gasteiger partial charge < -0.3 is 4.42 Å². The number of rotatable bonds is 2. The number of furan rings is 1. The zero-order valence-electron chi connectivity index (χ0n) is 15.7. The highest BCUT2D eigenvalue weighted by Gasteiger charge is 2.16. The summed E-state index contributed by atoms with van der Waals surface area (Å²) in [5.41, 5.74) is 8.10. The first-order valence-corrected chi connectivity index (χ1v) is 9.60. The molecule has 1 nitrogen and oxygen atoms in total. The number of benzene rings is 3. The third-order valence-corrected chi connectivity index (χ3v) is 5.41. The van der Waals surface area contributed by atoms with Crippen LogP contribution >= 0.6 is 0 Å². The van der Waals surface area contributed by atoms with Crippen LogP contribution in [0.4, 0.5) is 0 Å². The van der Waals surface area contributed by atoms with Crippen LogP contribution in [0.25, 0.3) is 38.6 Å². The maximum atomic E-state index is 6.30. The second-order valence-electron chi connectivity index (χ2n) is 7.61. The van der Waals surface area contributed by atoms with E-state index in [0.717, 1.165) is 23.2 Å². The van der Waals surface area contributed by atoms with Crippen LogP contribution in [-0.2, 0) is 0 Å². The maximum absolute atomic E-state index is 6.30. The van der Waals surface area contributed by atoms with Crippen molar-refractivity contribution in [2.45, 2.75) is 20.3 Å². The standard InChI is InChI=1S/C26H22O/c1-17-7-5-9-19(13-17)21-15-23(20-10-6-8-18(2)14-20)26-24(16-21)22-11-3-4-12-25(22)27-26/h3-6,8-17H,7H2,1-2H3. The van der Waals surface area contributed by atoms with Gasteiger partial charge in [-0.05, 0) is 54.2 Å². The smallest absolute Gasteiger partial charge is 0.143 e. The van der Waals surface area contributed by atoms with E-state index in [1.54, 1.807) is 0 Å². The van der Waals surface area contributed by atoms with Gasteiger partial charge in [-0.15, -0.1) is 0 Å². The minimum absolute atomic E-state index is 0.573. The van der Waals surface area contributed by atoms with Gasteiger partial charge in [0.2, 0.25) is 0 Å². The maximum Gasteiger partial charge on any atom is 0.143 e. The second kappa shape index (κ2) is 6.28. The van der Waals surface area contributed by atoms with E-state index >= 15 is 0 Å². The van der Waals surface area contributed by atoms with Gasteiger partial charge in [0.1, 0.15) is 11.2 Å². The second-order valence-corrected chi connectivity index (χ2v) is 7.61. The van der Waals surface area contributed by atoms with Crippen molar-refractivity contribution in [2.75, 3.05) is 0 Å². The number of hydrogen-bond acceptors (Lipinski definition) is 1. The fraction of sp³-hybridized carbons (Fsp3) is 0.154. The molecule has 0 radical (unpaired) electrons. The molecule has 0 aliphatic heterocycles. The summed E-state index contributed by atoms with van der Waals surface area (Å²) in [5.74, 6) is 0.573. The van der Waals surface area contributed by atoms with Crippen LogP contribution in [0.5, 0.6) is 0 Å². The summed E-state index contributed by atoms with van der Waals surface area (Å²) in [7, 11) is 0. The molecular weight excluding hydrogens is 328 g/mol. The minimum Gasteiger partial charge on any atom is -0.455 e. The fourth-order valence-electron chi connectivity index (χ4n) is 4.05. The molecule has 1 atom stereocenters. The number of fused-ring (bicyclic) bond motifs is 3. The summed E-state index contributed by atoms with van der Waals surface area (Å²) >= 11 is 0. The van der Waals surface area contributed by atoms with Crippen molar-refractivity contribution in [3.05, 3.63) is 90.0 Å². The normalized spacial score (nSPS) is 16.8. The average molecular weight is 350 g/mol. The number of allylic oxidation sites excluding steroid dienone is 4. The van der Waals surface area contributed by atoms with Crippen LogP contribution in [0, 0.1) is 12.8 Å². The molecule has 132 valence electrons. The first kappa shape index (κ1) is 16.1. The molecule has 27 heavy (non-hydrogen) atoms. The average Bonchev–Trinajstić information content (AvgIpc) is 3.06. The molecule has 0 saturated heterocycles. The molecule has 3 aromatic carbocycles. The van der Waals surface area contributed by atoms with E-state index in [-0.39, 0.29) is 0 Å². The lowest BCUT2D eigenvalue weighted by Gasteiger charge is -2.14. The Balaban J connectivity index is 1.85. The SMILES string of the molecule is Cc1cccc(-c2cc(C3=CC(C)CC=C3)cc3c2oc2ccccc23)c1. The largest absolute Gasteiger partial charge is 0.455 e. The molecule has 1 aromatic heterocycles. The van der Waals surface area contributed by atoms with E-state index in [1.165, 1.54) is 33.0 Å². The Labute approximate surface area is 159 Å². The van der Waals surface area contributed by atoms with Gasteiger partial charge >= 0.3 is 0 Å². The Kier molecular flexibility index (Phi) is 3.75. The zero-order chi connectivity index (χ0) is 18.4. The Morgan fingerprint density at radius 2 is 1.78 bits per heavy atom. The van der Waals surface area contributed by atoms with Crippen LogP contribution in [0.3, 0.4) is 0 Å². The van der Waals surface area contributed by atoms with Gasteiger partial charge in [-0.2, -0.15) is 0 Å². The zero-order valence-corrected chi connectivity index (χ0v) is 15.7. The van der Waals surface area contributed by atoms with Gasteiger partial charge in [-0.1, -0.05) is 73.2 Å². The molecule has 1 unspecified atom stereocenters. The van der Waals surface area contributed by atoms with Gasteiger partial charge in [-0.3, -0.25) is 0 Å². The van der Waals surface area contributed by atoms with Gasteiger partial charge in [-0.25, -0.2) is 0 Å². The number of para-hydroxylation sites is 1. The van der Waals surface area contributed by atoms with Crippen LogP contribution < -0.4 is 0 Å². The first-order valence-electron chi connectivity index (χ1n) is 9.60. The van der Waals surface area contributed by atoms with Gasteiger partial charge in [0.15, 0.2) is 0 Å². The van der Waals surface area contributed by atoms with E-state index in [2.05, 4.69) is 86.7 Å². The molecule has 0 fully saturated rings. The molecule has 4 aromatic rings. The van der Waals surface area contributed by atoms with Crippen molar-refractivity contribution in [3.8, 4) is 11.1 Å². The summed E-state index contributed by atoms with van der Waals surface area (Å²) in [6.07, 6.45) is 8.03. The van der Waals surface area contributed by atoms with E-state index < -0.39 is 0 Å². The molecular formula is C26H22O. The summed E-state index contributed by atoms with van der Waals surface area (Å²) in [6.45, 7) is 4.41. The Morgan fingerprint density at radius 3 is 2.63 bits per heavy atom. The lowest BCUT2D eigenvalue weighted by atomic mass is 9.90. The number of hydrogen-bond donors (Lipinski definition) is 0. The molecule has 5 rings (SSSR count). The Bertz CT molecular complexity index is 1220. The van der Waals surface area contributed by atoms with Crippen LogP contribution in [0.15, 0.2) is 83.3 Å². The van der Waals surface area contributed by atoms with Crippen molar-refractivity contribution in [1.82, 2.24) is 0 Å². The summed E-state index contributed by atoms with van der Waals surface area (Å²) in [6, 6.07) is 21.6. The van der Waals surface area contributed by atoms with Crippen molar-refractivity contribution in [2.24, 2.45) is 5.92 Å². The minimum atomic E-state index is 0.573. The predicted octanol–water partition coefficient (Wildman–Crippen LogP) is 7.54. The molecule has 0 spiro atoms. The monoisotopic (exact) mass is 350 g/mol. The quantitative estimate of drug-likeness (QED) is 0.364. The van der Waals surface area contributed by atoms with Crippen LogP contribution in [0.1, 0.15) is 24.5 Å². The summed E-state index contributed by atoms with van der Waals surface area (Å²) in [5, 5.41) is 2.36. The van der Waals surface area contributed by atoms with Crippen LogP contribution in [-0.4, -0.2) is 0 Å². The molecule has 0 N–H and O–H groups in total. The van der Waals surface area contributed by atoms with E-state index in [1.807, 2.05) is 6.07 Å². The molecule has 1 aliphatic rings. The first-order chi connectivity index (χ1) is 13.2. The van der Waals surface area contributed by atoms with Gasteiger partial charge in [0.25, 0.3) is 0 Å². The van der Waals surface area contributed by atoms with E-state index in [0.29, 0.717) is 5.92 Å². The number of aryl methyl sites for hydroxylation is 1. The van der Waals surface area contributed by atoms with E-state index in [4.69, 9.17) is 4.42 Å². The van der Waals surface area contributed by atoms with Gasteiger partial charge in [0, 0.05) is 16.3 Å². The van der Waals surface area contributed by atoms with E-state index in [9.17, 15) is 0 Å². The molecule has 0 amide bonds. The highest BCUT2D eigenvalue weighted by Crippen LogP contribution is 2.39. The summed E-state index contributed by atoms with van der Waals surface area (Å²) < 4.78 is 6.30. The van der Waals surface area contributed by atoms with Crippen molar-refractivity contribution >= 4 is 27.5 Å². The van der Waals surface area contributed by atoms with Crippen molar-refractivity contribution in [3.63, 3.8) is 0 Å². The third kappa shape index (κ3) is 2.80. The molecule has 1 heterocycles. The highest BCUT2D eigenvalue weighted by molar-refractivity contribution is 6.11. The van der Waals surface area contributed by atoms with Gasteiger partial charge in [0.05, 0.1) is 0 Å². The molecule has 1 aliphatic carbocycles. The highest BCUT2D eigenvalue weighted by atomic mass is 16.3. The van der Waals surface area contributed by atoms with Crippen molar-refractivity contribution < 1.29 is 4.42 Å². The molecule has 0 bridgehead atoms. The Morgan fingerprint density at radius 1 is 0.889 bits per heavy atom.